The third-order valence-electron chi connectivity index (χ3n) is 5.52. The van der Waals surface area contributed by atoms with E-state index < -0.39 is 20.2 Å². The molecule has 0 atom stereocenters. The summed E-state index contributed by atoms with van der Waals surface area (Å²) >= 11 is 3.39. The third kappa shape index (κ3) is 10.2. The number of aromatic nitrogens is 2. The first-order valence-corrected chi connectivity index (χ1v) is 18.1. The van der Waals surface area contributed by atoms with Crippen LogP contribution < -0.4 is 10.6 Å². The van der Waals surface area contributed by atoms with Crippen molar-refractivity contribution in [2.45, 2.75) is 12.8 Å². The van der Waals surface area contributed by atoms with Crippen molar-refractivity contribution in [3.05, 3.63) is 57.5 Å². The van der Waals surface area contributed by atoms with Crippen LogP contribution in [0.5, 0.6) is 0 Å². The highest BCUT2D eigenvalue weighted by Gasteiger charge is 2.11. The zero-order chi connectivity index (χ0) is 30.3. The molecule has 4 aromatic rings. The van der Waals surface area contributed by atoms with Crippen LogP contribution in [0, 0.1) is 0 Å². The second-order valence-corrected chi connectivity index (χ2v) is 14.3. The summed E-state index contributed by atoms with van der Waals surface area (Å²) in [6, 6.07) is 12.7. The minimum Gasteiger partial charge on any atom is -0.370 e. The molecule has 6 rings (SSSR count). The average Bonchev–Trinajstić information content (AvgIpc) is 3.53. The van der Waals surface area contributed by atoms with Crippen molar-refractivity contribution < 1.29 is 25.9 Å². The lowest BCUT2D eigenvalue weighted by Gasteiger charge is -2.14. The number of thiazole rings is 2. The van der Waals surface area contributed by atoms with Gasteiger partial charge in [-0.2, -0.15) is 16.8 Å². The van der Waals surface area contributed by atoms with Crippen LogP contribution in [0.1, 0.15) is 34.0 Å². The number of hydrogen-bond acceptors (Lipinski definition) is 12. The predicted molar refractivity (Wildman–Crippen MR) is 171 cm³/mol. The van der Waals surface area contributed by atoms with Crippen LogP contribution in [0.25, 0.3) is 32.6 Å². The lowest BCUT2D eigenvalue weighted by Crippen LogP contribution is -2.30. The maximum atomic E-state index is 9.19. The second kappa shape index (κ2) is 13.8. The fraction of sp³-hybridized carbons (Fsp3) is 0.308. The molecule has 12 nitrogen and oxygen atoms in total. The van der Waals surface area contributed by atoms with Gasteiger partial charge in [0.25, 0.3) is 20.2 Å². The van der Waals surface area contributed by atoms with Gasteiger partial charge in [0.1, 0.15) is 21.7 Å². The first kappa shape index (κ1) is 31.7. The summed E-state index contributed by atoms with van der Waals surface area (Å²) in [5.74, 6) is 1.98. The fourth-order valence-electron chi connectivity index (χ4n) is 3.92. The molecule has 0 amide bonds. The van der Waals surface area contributed by atoms with Gasteiger partial charge in [0.2, 0.25) is 0 Å². The molecule has 0 radical (unpaired) electrons. The predicted octanol–water partition coefficient (Wildman–Crippen LogP) is 3.56. The highest BCUT2D eigenvalue weighted by molar-refractivity contribution is 7.85. The monoisotopic (exact) mass is 650 g/mol. The Kier molecular flexibility index (Phi) is 10.4. The van der Waals surface area contributed by atoms with Gasteiger partial charge in [-0.1, -0.05) is 0 Å². The molecule has 2 aliphatic heterocycles. The van der Waals surface area contributed by atoms with E-state index in [0.29, 0.717) is 12.5 Å². The van der Waals surface area contributed by atoms with Gasteiger partial charge in [0, 0.05) is 37.3 Å². The largest absolute Gasteiger partial charge is 0.370 e. The molecule has 0 spiro atoms. The Morgan fingerprint density at radius 3 is 1.43 bits per heavy atom. The zero-order valence-corrected chi connectivity index (χ0v) is 26.1. The molecule has 42 heavy (non-hydrogen) atoms. The molecule has 2 aromatic heterocycles. The van der Waals surface area contributed by atoms with E-state index in [1.807, 2.05) is 0 Å². The SMILES string of the molecule is C(=C\c1nc2ccc(C3=NCCCN3)cc2s1)/c1nc2ccc(C3=NCCCN3)cc2s1.CS(=O)(=O)O.CS(=O)(=O)O. The molecule has 0 bridgehead atoms. The van der Waals surface area contributed by atoms with Crippen LogP contribution in [0.2, 0.25) is 0 Å². The van der Waals surface area contributed by atoms with Gasteiger partial charge in [0.05, 0.1) is 32.9 Å². The van der Waals surface area contributed by atoms with Crippen molar-refractivity contribution in [1.29, 1.82) is 0 Å². The van der Waals surface area contributed by atoms with E-state index in [2.05, 4.69) is 69.2 Å². The van der Waals surface area contributed by atoms with Crippen molar-refractivity contribution in [3.8, 4) is 0 Å². The minimum atomic E-state index is -3.67. The Morgan fingerprint density at radius 1 is 0.714 bits per heavy atom. The van der Waals surface area contributed by atoms with Crippen LogP contribution in [-0.2, 0) is 20.2 Å². The number of nitrogens with one attached hydrogen (secondary N) is 2. The number of hydrogen-bond donors (Lipinski definition) is 4. The highest BCUT2D eigenvalue weighted by atomic mass is 32.2. The Morgan fingerprint density at radius 2 is 1.10 bits per heavy atom. The molecule has 0 saturated heterocycles. The molecule has 2 aromatic carbocycles. The number of nitrogens with zero attached hydrogens (tertiary/aromatic N) is 4. The Balaban J connectivity index is 0.000000352. The second-order valence-electron chi connectivity index (χ2n) is 9.29. The van der Waals surface area contributed by atoms with Gasteiger partial charge in [-0.3, -0.25) is 19.1 Å². The molecule has 4 heterocycles. The van der Waals surface area contributed by atoms with E-state index >= 15 is 0 Å². The lowest BCUT2D eigenvalue weighted by atomic mass is 10.1. The Labute approximate surface area is 251 Å². The molecule has 4 N–H and O–H groups in total. The summed E-state index contributed by atoms with van der Waals surface area (Å²) in [4.78, 5) is 18.7. The first-order valence-electron chi connectivity index (χ1n) is 12.7. The minimum absolute atomic E-state index is 0.715. The highest BCUT2D eigenvalue weighted by Crippen LogP contribution is 2.28. The lowest BCUT2D eigenvalue weighted by molar-refractivity contribution is 0.488. The van der Waals surface area contributed by atoms with Gasteiger partial charge in [-0.15, -0.1) is 22.7 Å². The van der Waals surface area contributed by atoms with Crippen molar-refractivity contribution in [3.63, 3.8) is 0 Å². The van der Waals surface area contributed by atoms with Gasteiger partial charge in [-0.05, 0) is 61.4 Å². The molecular weight excluding hydrogens is 621 g/mol. The molecule has 0 unspecified atom stereocenters. The molecule has 224 valence electrons. The summed E-state index contributed by atoms with van der Waals surface area (Å²) in [6.45, 7) is 3.76. The van der Waals surface area contributed by atoms with E-state index in [-0.39, 0.29) is 0 Å². The maximum Gasteiger partial charge on any atom is 0.261 e. The zero-order valence-electron chi connectivity index (χ0n) is 22.8. The third-order valence-corrected chi connectivity index (χ3v) is 7.49. The fourth-order valence-corrected chi connectivity index (χ4v) is 5.74. The molecule has 0 aliphatic carbocycles. The van der Waals surface area contributed by atoms with Gasteiger partial charge in [0.15, 0.2) is 0 Å². The standard InChI is InChI=1S/C24H22N6S2.2CH4O3S/c1-9-25-23(26-10-1)15-3-5-17-19(13-15)31-21(29-17)7-8-22-30-18-6-4-16(14-20(18)32-22)24-27-11-2-12-28-24;2*1-5(2,3)4/h3-8,13-14H,1-2,9-12H2,(H,25,26)(H,27,28);2*1H3,(H,2,3,4)/b8-7+;;. The van der Waals surface area contributed by atoms with Crippen LogP contribution in [0.15, 0.2) is 46.4 Å². The van der Waals surface area contributed by atoms with Crippen molar-refractivity contribution in [1.82, 2.24) is 20.6 Å². The topological polar surface area (TPSA) is 183 Å². The number of fused-ring (bicyclic) bond motifs is 2. The normalized spacial score (nSPS) is 15.5. The summed E-state index contributed by atoms with van der Waals surface area (Å²) < 4.78 is 54.1. The number of amidine groups is 2. The smallest absolute Gasteiger partial charge is 0.261 e. The van der Waals surface area contributed by atoms with E-state index in [1.165, 1.54) is 9.40 Å². The summed E-state index contributed by atoms with van der Waals surface area (Å²) in [7, 11) is -7.33. The van der Waals surface area contributed by atoms with Gasteiger partial charge in [-0.25, -0.2) is 9.97 Å². The van der Waals surface area contributed by atoms with E-state index in [9.17, 15) is 16.8 Å². The quantitative estimate of drug-likeness (QED) is 0.238. The molecule has 0 fully saturated rings. The molecule has 16 heteroatoms. The van der Waals surface area contributed by atoms with E-state index in [4.69, 9.17) is 19.1 Å². The van der Waals surface area contributed by atoms with Crippen LogP contribution in [0.4, 0.5) is 0 Å². The summed E-state index contributed by atoms with van der Waals surface area (Å²) in [5.41, 5.74) is 4.31. The average molecular weight is 651 g/mol. The first-order chi connectivity index (χ1) is 19.8. The van der Waals surface area contributed by atoms with Crippen LogP contribution >= 0.6 is 22.7 Å². The van der Waals surface area contributed by atoms with Gasteiger partial charge < -0.3 is 10.6 Å². The van der Waals surface area contributed by atoms with Crippen molar-refractivity contribution >= 4 is 87.2 Å². The molecular formula is C26H30N6O6S4. The summed E-state index contributed by atoms with van der Waals surface area (Å²) in [6.07, 6.45) is 7.75. The maximum absolute atomic E-state index is 9.19. The van der Waals surface area contributed by atoms with E-state index in [0.717, 1.165) is 82.9 Å². The summed E-state index contributed by atoms with van der Waals surface area (Å²) in [5, 5.41) is 8.75. The number of benzene rings is 2. The Bertz CT molecular complexity index is 1730. The van der Waals surface area contributed by atoms with Crippen molar-refractivity contribution in [2.75, 3.05) is 38.7 Å². The van der Waals surface area contributed by atoms with Crippen molar-refractivity contribution in [2.24, 2.45) is 9.98 Å². The van der Waals surface area contributed by atoms with E-state index in [1.54, 1.807) is 22.7 Å². The van der Waals surface area contributed by atoms with Gasteiger partial charge >= 0.3 is 0 Å². The van der Waals surface area contributed by atoms with Crippen LogP contribution in [0.3, 0.4) is 0 Å². The number of rotatable bonds is 4. The number of aliphatic imine (C=N–C) groups is 2. The molecule has 2 aliphatic rings. The molecule has 0 saturated carbocycles. The Hall–Kier alpha value is -3.28. The van der Waals surface area contributed by atoms with Crippen LogP contribution in [-0.4, -0.2) is 86.3 Å².